The van der Waals surface area contributed by atoms with Gasteiger partial charge in [-0.3, -0.25) is 9.78 Å². The van der Waals surface area contributed by atoms with E-state index in [2.05, 4.69) is 25.4 Å². The van der Waals surface area contributed by atoms with E-state index in [1.807, 2.05) is 56.7 Å². The minimum Gasteiger partial charge on any atom is -0.486 e. The normalized spacial score (nSPS) is 12.7. The zero-order valence-corrected chi connectivity index (χ0v) is 14.9. The Hall–Kier alpha value is -3.68. The van der Waals surface area contributed by atoms with Crippen LogP contribution in [0.25, 0.3) is 27.8 Å². The van der Waals surface area contributed by atoms with E-state index < -0.39 is 0 Å². The maximum Gasteiger partial charge on any atom is 0.162 e. The topological polar surface area (TPSA) is 85.9 Å². The zero-order valence-electron chi connectivity index (χ0n) is 14.9. The van der Waals surface area contributed by atoms with Crippen LogP contribution in [0.15, 0.2) is 55.2 Å². The van der Waals surface area contributed by atoms with E-state index >= 15 is 0 Å². The Labute approximate surface area is 154 Å². The van der Waals surface area contributed by atoms with E-state index in [0.29, 0.717) is 0 Å². The van der Waals surface area contributed by atoms with Crippen LogP contribution in [0.4, 0.5) is 0 Å². The molecule has 0 aliphatic heterocycles. The Morgan fingerprint density at radius 3 is 2.96 bits per heavy atom. The van der Waals surface area contributed by atoms with E-state index in [1.165, 1.54) is 0 Å². The molecule has 0 amide bonds. The summed E-state index contributed by atoms with van der Waals surface area (Å²) in [6.45, 7) is 2.01. The molecule has 5 rings (SSSR count). The average Bonchev–Trinajstić information content (AvgIpc) is 3.39. The summed E-state index contributed by atoms with van der Waals surface area (Å²) in [7, 11) is 1.89. The molecule has 1 atom stereocenters. The van der Waals surface area contributed by atoms with Crippen molar-refractivity contribution >= 4 is 16.6 Å². The molecule has 5 aromatic rings. The number of ether oxygens (including phenoxy) is 1. The van der Waals surface area contributed by atoms with E-state index in [9.17, 15) is 0 Å². The molecule has 1 aromatic carbocycles. The number of pyridine rings is 1. The molecule has 4 aromatic heterocycles. The van der Waals surface area contributed by atoms with Crippen LogP contribution in [-0.4, -0.2) is 34.6 Å². The quantitative estimate of drug-likeness (QED) is 0.533. The Morgan fingerprint density at radius 2 is 2.11 bits per heavy atom. The number of nitrogens with one attached hydrogen (secondary N) is 1. The number of fused-ring (bicyclic) bond motifs is 2. The van der Waals surface area contributed by atoms with E-state index in [-0.39, 0.29) is 6.10 Å². The molecule has 0 saturated carbocycles. The number of aromatic amines is 1. The third-order valence-corrected chi connectivity index (χ3v) is 4.60. The van der Waals surface area contributed by atoms with Crippen molar-refractivity contribution in [3.05, 3.63) is 60.8 Å². The van der Waals surface area contributed by atoms with Crippen LogP contribution < -0.4 is 4.74 Å². The summed E-state index contributed by atoms with van der Waals surface area (Å²) in [5, 5.41) is 16.9. The molecule has 0 fully saturated rings. The van der Waals surface area contributed by atoms with Gasteiger partial charge in [0.2, 0.25) is 0 Å². The molecule has 8 heteroatoms. The molecule has 8 nitrogen and oxygen atoms in total. The van der Waals surface area contributed by atoms with Gasteiger partial charge in [0.1, 0.15) is 23.9 Å². The first-order valence-electron chi connectivity index (χ1n) is 8.61. The summed E-state index contributed by atoms with van der Waals surface area (Å²) >= 11 is 0. The number of nitrogens with zero attached hydrogens (tertiary/aromatic N) is 6. The summed E-state index contributed by atoms with van der Waals surface area (Å²) in [4.78, 5) is 4.33. The molecule has 134 valence electrons. The standard InChI is InChI=1S/C19H17N7O/c1-12(15-4-3-7-26-19(15)20-11-22-26)27-14-5-6-17-16(8-14)18(24-23-17)13-9-21-25(2)10-13/h3-12H,1-2H3,(H,23,24). The van der Waals surface area contributed by atoms with Crippen LogP contribution in [0.5, 0.6) is 5.75 Å². The van der Waals surface area contributed by atoms with Crippen LogP contribution in [-0.2, 0) is 7.05 Å². The van der Waals surface area contributed by atoms with Gasteiger partial charge < -0.3 is 4.74 Å². The van der Waals surface area contributed by atoms with Gasteiger partial charge in [0.15, 0.2) is 5.65 Å². The van der Waals surface area contributed by atoms with Crippen molar-refractivity contribution in [2.75, 3.05) is 0 Å². The monoisotopic (exact) mass is 359 g/mol. The number of benzene rings is 1. The highest BCUT2D eigenvalue weighted by Gasteiger charge is 2.15. The summed E-state index contributed by atoms with van der Waals surface area (Å²) in [5.41, 5.74) is 4.55. The fourth-order valence-electron chi connectivity index (χ4n) is 3.28. The molecule has 0 aliphatic carbocycles. The van der Waals surface area contributed by atoms with E-state index in [4.69, 9.17) is 4.74 Å². The third kappa shape index (κ3) is 2.62. The average molecular weight is 359 g/mol. The molecule has 0 spiro atoms. The second kappa shape index (κ2) is 5.94. The maximum atomic E-state index is 6.21. The van der Waals surface area contributed by atoms with Crippen LogP contribution in [0.3, 0.4) is 0 Å². The Bertz CT molecular complexity index is 1250. The molecule has 0 aliphatic rings. The van der Waals surface area contributed by atoms with Gasteiger partial charge in [-0.05, 0) is 31.2 Å². The minimum atomic E-state index is -0.177. The second-order valence-corrected chi connectivity index (χ2v) is 6.43. The van der Waals surface area contributed by atoms with Gasteiger partial charge in [-0.15, -0.1) is 0 Å². The smallest absolute Gasteiger partial charge is 0.162 e. The highest BCUT2D eigenvalue weighted by molar-refractivity contribution is 5.93. The Kier molecular flexibility index (Phi) is 3.43. The number of aromatic nitrogens is 7. The van der Waals surface area contributed by atoms with Crippen LogP contribution >= 0.6 is 0 Å². The Morgan fingerprint density at radius 1 is 1.19 bits per heavy atom. The minimum absolute atomic E-state index is 0.177. The third-order valence-electron chi connectivity index (χ3n) is 4.60. The van der Waals surface area contributed by atoms with Gasteiger partial charge in [0.05, 0.1) is 11.7 Å². The van der Waals surface area contributed by atoms with Crippen LogP contribution in [0.2, 0.25) is 0 Å². The lowest BCUT2D eigenvalue weighted by Crippen LogP contribution is -2.05. The summed E-state index contributed by atoms with van der Waals surface area (Å²) < 4.78 is 9.71. The first-order valence-corrected chi connectivity index (χ1v) is 8.61. The molecular weight excluding hydrogens is 342 g/mol. The second-order valence-electron chi connectivity index (χ2n) is 6.43. The van der Waals surface area contributed by atoms with Crippen molar-refractivity contribution < 1.29 is 4.74 Å². The lowest BCUT2D eigenvalue weighted by atomic mass is 10.1. The fourth-order valence-corrected chi connectivity index (χ4v) is 3.28. The molecule has 27 heavy (non-hydrogen) atoms. The molecule has 1 unspecified atom stereocenters. The number of H-pyrrole nitrogens is 1. The van der Waals surface area contributed by atoms with Gasteiger partial charge in [0, 0.05) is 36.0 Å². The van der Waals surface area contributed by atoms with Crippen LogP contribution in [0.1, 0.15) is 18.6 Å². The number of rotatable bonds is 4. The predicted molar refractivity (Wildman–Crippen MR) is 100 cm³/mol. The van der Waals surface area contributed by atoms with Crippen LogP contribution in [0, 0.1) is 0 Å². The lowest BCUT2D eigenvalue weighted by Gasteiger charge is -2.15. The SMILES string of the molecule is CC(Oc1ccc2[nH]nc(-c3cnn(C)c3)c2c1)c1cccn2ncnc12. The zero-order chi connectivity index (χ0) is 18.4. The maximum absolute atomic E-state index is 6.21. The fraction of sp³-hybridized carbons (Fsp3) is 0.158. The van der Waals surface area contributed by atoms with Gasteiger partial charge in [-0.1, -0.05) is 6.07 Å². The lowest BCUT2D eigenvalue weighted by molar-refractivity contribution is 0.228. The van der Waals surface area contributed by atoms with Gasteiger partial charge in [-0.25, -0.2) is 9.50 Å². The van der Waals surface area contributed by atoms with Crippen molar-refractivity contribution in [3.63, 3.8) is 0 Å². The van der Waals surface area contributed by atoms with E-state index in [1.54, 1.807) is 21.7 Å². The number of hydrogen-bond acceptors (Lipinski definition) is 5. The van der Waals surface area contributed by atoms with Crippen molar-refractivity contribution in [2.45, 2.75) is 13.0 Å². The summed E-state index contributed by atoms with van der Waals surface area (Å²) in [5.74, 6) is 0.767. The Balaban J connectivity index is 1.51. The molecular formula is C19H17N7O. The summed E-state index contributed by atoms with van der Waals surface area (Å²) in [6.07, 6.45) is 6.98. The molecule has 4 heterocycles. The van der Waals surface area contributed by atoms with Crippen molar-refractivity contribution in [1.82, 2.24) is 34.6 Å². The van der Waals surface area contributed by atoms with Crippen molar-refractivity contribution in [1.29, 1.82) is 0 Å². The van der Waals surface area contributed by atoms with Gasteiger partial charge >= 0.3 is 0 Å². The summed E-state index contributed by atoms with van der Waals surface area (Å²) in [6, 6.07) is 9.86. The predicted octanol–water partition coefficient (Wildman–Crippen LogP) is 3.15. The first-order chi connectivity index (χ1) is 13.2. The highest BCUT2D eigenvalue weighted by atomic mass is 16.5. The largest absolute Gasteiger partial charge is 0.486 e. The van der Waals surface area contributed by atoms with Gasteiger partial charge in [-0.2, -0.15) is 15.3 Å². The first kappa shape index (κ1) is 15.6. The highest BCUT2D eigenvalue weighted by Crippen LogP contribution is 2.31. The van der Waals surface area contributed by atoms with Crippen molar-refractivity contribution in [2.24, 2.45) is 7.05 Å². The van der Waals surface area contributed by atoms with Crippen molar-refractivity contribution in [3.8, 4) is 17.0 Å². The number of hydrogen-bond donors (Lipinski definition) is 1. The molecule has 0 bridgehead atoms. The van der Waals surface area contributed by atoms with Gasteiger partial charge in [0.25, 0.3) is 0 Å². The molecule has 0 radical (unpaired) electrons. The molecule has 0 saturated heterocycles. The molecule has 1 N–H and O–H groups in total. The van der Waals surface area contributed by atoms with E-state index in [0.717, 1.165) is 39.1 Å². The number of aryl methyl sites for hydroxylation is 1.